The second-order valence-electron chi connectivity index (χ2n) is 5.97. The molecule has 0 saturated heterocycles. The third-order valence-electron chi connectivity index (χ3n) is 2.72. The molecule has 0 amide bonds. The van der Waals surface area contributed by atoms with E-state index < -0.39 is 0 Å². The second kappa shape index (κ2) is 4.54. The zero-order chi connectivity index (χ0) is 12.4. The van der Waals surface area contributed by atoms with Crippen LogP contribution in [-0.4, -0.2) is 18.7 Å². The van der Waals surface area contributed by atoms with Gasteiger partial charge in [0.1, 0.15) is 0 Å². The van der Waals surface area contributed by atoms with Crippen LogP contribution < -0.4 is 0 Å². The first kappa shape index (κ1) is 13.2. The van der Waals surface area contributed by atoms with Gasteiger partial charge in [-0.25, -0.2) is 0 Å². The molecule has 2 nitrogen and oxygen atoms in total. The fourth-order valence-corrected chi connectivity index (χ4v) is 1.66. The van der Waals surface area contributed by atoms with Crippen molar-refractivity contribution in [2.75, 3.05) is 13.7 Å². The molecule has 0 saturated carbocycles. The number of ether oxygens (including phenoxy) is 1. The van der Waals surface area contributed by atoms with Gasteiger partial charge in [-0.3, -0.25) is 4.98 Å². The monoisotopic (exact) mass is 221 g/mol. The van der Waals surface area contributed by atoms with Crippen molar-refractivity contribution in [3.05, 3.63) is 29.6 Å². The molecule has 0 aliphatic heterocycles. The summed E-state index contributed by atoms with van der Waals surface area (Å²) in [6, 6.07) is 6.25. The Labute approximate surface area is 99.0 Å². The van der Waals surface area contributed by atoms with Crippen molar-refractivity contribution in [3.63, 3.8) is 0 Å². The third kappa shape index (κ3) is 3.05. The third-order valence-corrected chi connectivity index (χ3v) is 2.72. The molecule has 0 radical (unpaired) electrons. The predicted molar refractivity (Wildman–Crippen MR) is 67.8 cm³/mol. The van der Waals surface area contributed by atoms with Gasteiger partial charge in [-0.05, 0) is 12.1 Å². The topological polar surface area (TPSA) is 22.1 Å². The van der Waals surface area contributed by atoms with Crippen LogP contribution in [0.2, 0.25) is 0 Å². The minimum Gasteiger partial charge on any atom is -0.384 e. The van der Waals surface area contributed by atoms with Gasteiger partial charge in [-0.1, -0.05) is 40.7 Å². The van der Waals surface area contributed by atoms with Crippen LogP contribution >= 0.6 is 0 Å². The number of hydrogen-bond acceptors (Lipinski definition) is 2. The van der Waals surface area contributed by atoms with Gasteiger partial charge in [-0.15, -0.1) is 0 Å². The Balaban J connectivity index is 3.08. The van der Waals surface area contributed by atoms with Crippen molar-refractivity contribution in [3.8, 4) is 0 Å². The van der Waals surface area contributed by atoms with Crippen molar-refractivity contribution in [2.45, 2.75) is 45.4 Å². The molecule has 0 aliphatic carbocycles. The molecule has 0 N–H and O–H groups in total. The zero-order valence-electron chi connectivity index (χ0n) is 11.3. The number of aromatic nitrogens is 1. The van der Waals surface area contributed by atoms with E-state index in [4.69, 9.17) is 9.72 Å². The molecule has 1 rings (SSSR count). The maximum atomic E-state index is 5.25. The van der Waals surface area contributed by atoms with Gasteiger partial charge in [0.05, 0.1) is 6.61 Å². The molecule has 0 aliphatic rings. The molecule has 1 aromatic heterocycles. The highest BCUT2D eigenvalue weighted by molar-refractivity contribution is 5.22. The number of pyridine rings is 1. The minimum atomic E-state index is -0.0317. The Morgan fingerprint density at radius 3 is 2.12 bits per heavy atom. The molecule has 0 fully saturated rings. The van der Waals surface area contributed by atoms with E-state index in [1.807, 2.05) is 0 Å². The van der Waals surface area contributed by atoms with Gasteiger partial charge in [0.15, 0.2) is 0 Å². The van der Waals surface area contributed by atoms with Crippen LogP contribution in [-0.2, 0) is 15.6 Å². The smallest absolute Gasteiger partial charge is 0.0568 e. The number of hydrogen-bond donors (Lipinski definition) is 0. The lowest BCUT2D eigenvalue weighted by atomic mass is 9.87. The summed E-state index contributed by atoms with van der Waals surface area (Å²) in [5.74, 6) is 0. The van der Waals surface area contributed by atoms with E-state index in [1.54, 1.807) is 7.11 Å². The summed E-state index contributed by atoms with van der Waals surface area (Å²) in [5.41, 5.74) is 2.30. The highest BCUT2D eigenvalue weighted by Crippen LogP contribution is 2.25. The van der Waals surface area contributed by atoms with Crippen molar-refractivity contribution in [1.82, 2.24) is 4.98 Å². The summed E-state index contributed by atoms with van der Waals surface area (Å²) >= 11 is 0. The van der Waals surface area contributed by atoms with Gasteiger partial charge in [0, 0.05) is 29.3 Å². The Morgan fingerprint density at radius 1 is 1.06 bits per heavy atom. The van der Waals surface area contributed by atoms with Crippen LogP contribution in [0.3, 0.4) is 0 Å². The van der Waals surface area contributed by atoms with Crippen LogP contribution in [0, 0.1) is 0 Å². The van der Waals surface area contributed by atoms with Crippen LogP contribution in [0.25, 0.3) is 0 Å². The van der Waals surface area contributed by atoms with E-state index in [0.717, 1.165) is 11.4 Å². The molecule has 0 unspecified atom stereocenters. The maximum Gasteiger partial charge on any atom is 0.0568 e. The van der Waals surface area contributed by atoms with E-state index in [-0.39, 0.29) is 10.8 Å². The summed E-state index contributed by atoms with van der Waals surface area (Å²) < 4.78 is 5.25. The van der Waals surface area contributed by atoms with Gasteiger partial charge < -0.3 is 4.74 Å². The Morgan fingerprint density at radius 2 is 1.62 bits per heavy atom. The van der Waals surface area contributed by atoms with Gasteiger partial charge in [-0.2, -0.15) is 0 Å². The Bertz CT molecular complexity index is 350. The highest BCUT2D eigenvalue weighted by Gasteiger charge is 2.24. The first-order valence-corrected chi connectivity index (χ1v) is 5.74. The molecule has 0 bridgehead atoms. The van der Waals surface area contributed by atoms with Gasteiger partial charge in [0.2, 0.25) is 0 Å². The van der Waals surface area contributed by atoms with E-state index in [9.17, 15) is 0 Å². The molecule has 0 spiro atoms. The van der Waals surface area contributed by atoms with Crippen LogP contribution in [0.4, 0.5) is 0 Å². The summed E-state index contributed by atoms with van der Waals surface area (Å²) in [5, 5.41) is 0. The van der Waals surface area contributed by atoms with Crippen molar-refractivity contribution >= 4 is 0 Å². The van der Waals surface area contributed by atoms with Crippen molar-refractivity contribution in [2.24, 2.45) is 0 Å². The van der Waals surface area contributed by atoms with E-state index in [2.05, 4.69) is 52.8 Å². The molecule has 90 valence electrons. The quantitative estimate of drug-likeness (QED) is 0.781. The van der Waals surface area contributed by atoms with Crippen molar-refractivity contribution < 1.29 is 4.74 Å². The van der Waals surface area contributed by atoms with Crippen LogP contribution in [0.1, 0.15) is 46.0 Å². The zero-order valence-corrected chi connectivity index (χ0v) is 11.3. The summed E-state index contributed by atoms with van der Waals surface area (Å²) in [4.78, 5) is 4.75. The molecule has 1 heterocycles. The fourth-order valence-electron chi connectivity index (χ4n) is 1.66. The first-order chi connectivity index (χ1) is 7.27. The lowest BCUT2D eigenvalue weighted by molar-refractivity contribution is 0.144. The Kier molecular flexibility index (Phi) is 3.74. The fraction of sp³-hybridized carbons (Fsp3) is 0.643. The Hall–Kier alpha value is -0.890. The molecule has 0 atom stereocenters. The standard InChI is InChI=1S/C14H23NO/c1-13(2,3)11-8-7-9-12(15-11)14(4,5)10-16-6/h7-9H,10H2,1-6H3. The van der Waals surface area contributed by atoms with Crippen molar-refractivity contribution in [1.29, 1.82) is 0 Å². The summed E-state index contributed by atoms with van der Waals surface area (Å²) in [6.07, 6.45) is 0. The molecular formula is C14H23NO. The molecular weight excluding hydrogens is 198 g/mol. The molecule has 2 heteroatoms. The van der Waals surface area contributed by atoms with Crippen LogP contribution in [0.15, 0.2) is 18.2 Å². The van der Waals surface area contributed by atoms with Gasteiger partial charge in [0.25, 0.3) is 0 Å². The average molecular weight is 221 g/mol. The van der Waals surface area contributed by atoms with E-state index >= 15 is 0 Å². The number of rotatable bonds is 3. The summed E-state index contributed by atoms with van der Waals surface area (Å²) in [6.45, 7) is 11.6. The van der Waals surface area contributed by atoms with E-state index in [0.29, 0.717) is 6.61 Å². The molecule has 0 aromatic carbocycles. The average Bonchev–Trinajstić information content (AvgIpc) is 2.16. The normalized spacial score (nSPS) is 12.9. The first-order valence-electron chi connectivity index (χ1n) is 5.74. The van der Waals surface area contributed by atoms with Gasteiger partial charge >= 0.3 is 0 Å². The number of nitrogens with zero attached hydrogens (tertiary/aromatic N) is 1. The molecule has 1 aromatic rings. The maximum absolute atomic E-state index is 5.25. The number of methoxy groups -OCH3 is 1. The summed E-state index contributed by atoms with van der Waals surface area (Å²) in [7, 11) is 1.73. The lowest BCUT2D eigenvalue weighted by Gasteiger charge is -2.26. The van der Waals surface area contributed by atoms with Crippen LogP contribution in [0.5, 0.6) is 0 Å². The minimum absolute atomic E-state index is 0.0317. The highest BCUT2D eigenvalue weighted by atomic mass is 16.5. The SMILES string of the molecule is COCC(C)(C)c1cccc(C(C)(C)C)n1. The van der Waals surface area contributed by atoms with E-state index in [1.165, 1.54) is 0 Å². The lowest BCUT2D eigenvalue weighted by Crippen LogP contribution is -2.26. The molecule has 16 heavy (non-hydrogen) atoms. The second-order valence-corrected chi connectivity index (χ2v) is 5.97. The predicted octanol–water partition coefficient (Wildman–Crippen LogP) is 3.30. The largest absolute Gasteiger partial charge is 0.384 e.